The van der Waals surface area contributed by atoms with E-state index in [2.05, 4.69) is 12.0 Å². The van der Waals surface area contributed by atoms with Crippen molar-refractivity contribution in [3.63, 3.8) is 0 Å². The van der Waals surface area contributed by atoms with Gasteiger partial charge in [-0.25, -0.2) is 9.07 Å². The van der Waals surface area contributed by atoms with E-state index in [1.807, 2.05) is 6.92 Å². The monoisotopic (exact) mass is 357 g/mol. The van der Waals surface area contributed by atoms with Crippen molar-refractivity contribution in [1.82, 2.24) is 9.78 Å². The fraction of sp³-hybridized carbons (Fsp3) is 0.524. The zero-order valence-corrected chi connectivity index (χ0v) is 15.7. The quantitative estimate of drug-likeness (QED) is 0.607. The predicted octanol–water partition coefficient (Wildman–Crippen LogP) is 4.79. The Hall–Kier alpha value is -2.17. The molecule has 1 aromatic carbocycles. The van der Waals surface area contributed by atoms with Crippen LogP contribution in [0.4, 0.5) is 4.39 Å². The van der Waals surface area contributed by atoms with Gasteiger partial charge in [0.25, 0.3) is 5.56 Å². The molecule has 2 aromatic rings. The van der Waals surface area contributed by atoms with Gasteiger partial charge in [-0.3, -0.25) is 14.9 Å². The van der Waals surface area contributed by atoms with Crippen LogP contribution in [-0.4, -0.2) is 21.5 Å². The number of aryl methyl sites for hydroxylation is 1. The van der Waals surface area contributed by atoms with E-state index in [1.54, 1.807) is 12.1 Å². The second kappa shape index (κ2) is 8.47. The number of nitrogens with zero attached hydrogens (tertiary/aromatic N) is 2. The molecule has 0 saturated heterocycles. The molecule has 0 unspecified atom stereocenters. The highest BCUT2D eigenvalue weighted by Gasteiger charge is 2.19. The molecule has 1 aliphatic rings. The van der Waals surface area contributed by atoms with Crippen LogP contribution in [-0.2, 0) is 6.42 Å². The van der Waals surface area contributed by atoms with Crippen molar-refractivity contribution in [2.24, 2.45) is 4.99 Å². The molecule has 1 N–H and O–H groups in total. The topological polar surface area (TPSA) is 50.1 Å². The normalized spacial score (nSPS) is 16.7. The summed E-state index contributed by atoms with van der Waals surface area (Å²) in [6.45, 7) is 4.04. The Morgan fingerprint density at radius 1 is 1.19 bits per heavy atom. The number of hydrogen-bond acceptors (Lipinski definition) is 2. The molecular weight excluding hydrogens is 329 g/mol. The summed E-state index contributed by atoms with van der Waals surface area (Å²) in [5, 5.41) is 3.22. The molecule has 0 spiro atoms. The van der Waals surface area contributed by atoms with Gasteiger partial charge in [0.15, 0.2) is 0 Å². The average molecular weight is 357 g/mol. The van der Waals surface area contributed by atoms with E-state index >= 15 is 0 Å². The summed E-state index contributed by atoms with van der Waals surface area (Å²) < 4.78 is 14.7. The van der Waals surface area contributed by atoms with Crippen LogP contribution in [0.15, 0.2) is 34.1 Å². The first kappa shape index (κ1) is 18.6. The molecule has 1 fully saturated rings. The number of aromatic nitrogens is 2. The van der Waals surface area contributed by atoms with E-state index in [9.17, 15) is 9.18 Å². The van der Waals surface area contributed by atoms with Crippen LogP contribution < -0.4 is 5.56 Å². The zero-order chi connectivity index (χ0) is 18.5. The number of nitrogens with one attached hydrogen (secondary N) is 1. The Morgan fingerprint density at radius 2 is 1.85 bits per heavy atom. The minimum Gasteiger partial charge on any atom is -0.294 e. The summed E-state index contributed by atoms with van der Waals surface area (Å²) in [7, 11) is 0. The highest BCUT2D eigenvalue weighted by atomic mass is 19.1. The molecule has 0 amide bonds. The Morgan fingerprint density at radius 3 is 2.46 bits per heavy atom. The summed E-state index contributed by atoms with van der Waals surface area (Å²) >= 11 is 0. The van der Waals surface area contributed by atoms with Crippen LogP contribution >= 0.6 is 0 Å². The van der Waals surface area contributed by atoms with E-state index in [0.29, 0.717) is 17.3 Å². The van der Waals surface area contributed by atoms with Gasteiger partial charge in [-0.1, -0.05) is 39.0 Å². The lowest BCUT2D eigenvalue weighted by atomic mass is 10.1. The number of hydrogen-bond donors (Lipinski definition) is 1. The maximum atomic E-state index is 13.2. The summed E-state index contributed by atoms with van der Waals surface area (Å²) in [4.78, 5) is 18.0. The molecule has 1 aromatic heterocycles. The number of benzene rings is 1. The van der Waals surface area contributed by atoms with Gasteiger partial charge in [-0.15, -0.1) is 0 Å². The molecule has 5 heteroatoms. The lowest BCUT2D eigenvalue weighted by molar-refractivity contribution is 0.586. The molecule has 140 valence electrons. The van der Waals surface area contributed by atoms with E-state index < -0.39 is 0 Å². The van der Waals surface area contributed by atoms with Crippen molar-refractivity contribution in [3.05, 3.63) is 51.7 Å². The largest absolute Gasteiger partial charge is 0.294 e. The van der Waals surface area contributed by atoms with Crippen LogP contribution in [0.25, 0.3) is 5.69 Å². The molecule has 4 nitrogen and oxygen atoms in total. The fourth-order valence-corrected chi connectivity index (χ4v) is 3.78. The first-order valence-corrected chi connectivity index (χ1v) is 9.74. The number of aliphatic imine (C=N–C) groups is 1. The molecule has 1 heterocycles. The Bertz CT molecular complexity index is 809. The molecule has 0 atom stereocenters. The van der Waals surface area contributed by atoms with E-state index in [0.717, 1.165) is 37.1 Å². The third kappa shape index (κ3) is 4.14. The van der Waals surface area contributed by atoms with Crippen LogP contribution in [0.1, 0.15) is 70.1 Å². The number of halogens is 1. The lowest BCUT2D eigenvalue weighted by Gasteiger charge is -2.10. The maximum absolute atomic E-state index is 13.2. The van der Waals surface area contributed by atoms with Gasteiger partial charge in [0, 0.05) is 11.4 Å². The summed E-state index contributed by atoms with van der Waals surface area (Å²) in [6, 6.07) is 6.29. The predicted molar refractivity (Wildman–Crippen MR) is 104 cm³/mol. The second-order valence-corrected chi connectivity index (χ2v) is 7.19. The van der Waals surface area contributed by atoms with Gasteiger partial charge < -0.3 is 0 Å². The van der Waals surface area contributed by atoms with Gasteiger partial charge in [0.05, 0.1) is 17.3 Å². The van der Waals surface area contributed by atoms with Crippen molar-refractivity contribution in [2.75, 3.05) is 0 Å². The first-order chi connectivity index (χ1) is 12.6. The number of rotatable bonds is 5. The van der Waals surface area contributed by atoms with Crippen LogP contribution in [0.3, 0.4) is 0 Å². The first-order valence-electron chi connectivity index (χ1n) is 9.74. The third-order valence-electron chi connectivity index (χ3n) is 5.11. The van der Waals surface area contributed by atoms with Gasteiger partial charge >= 0.3 is 0 Å². The average Bonchev–Trinajstić information content (AvgIpc) is 2.79. The van der Waals surface area contributed by atoms with E-state index in [-0.39, 0.29) is 11.4 Å². The molecular formula is C21H28FN3O. The van der Waals surface area contributed by atoms with E-state index in [4.69, 9.17) is 4.99 Å². The van der Waals surface area contributed by atoms with Gasteiger partial charge in [-0.05, 0) is 50.5 Å². The molecule has 1 saturated carbocycles. The molecule has 0 bridgehead atoms. The van der Waals surface area contributed by atoms with Crippen LogP contribution in [0.2, 0.25) is 0 Å². The third-order valence-corrected chi connectivity index (χ3v) is 5.11. The standard InChI is InChI=1S/C21H28FN3O/c1-3-8-19-20(15(2)23-17-9-6-4-5-7-10-17)21(26)25(24-19)18-13-11-16(22)12-14-18/h11-14,17,24H,3-10H2,1-2H3. The minimum atomic E-state index is -0.312. The number of H-pyrrole nitrogens is 1. The van der Waals surface area contributed by atoms with E-state index in [1.165, 1.54) is 42.5 Å². The minimum absolute atomic E-state index is 0.102. The van der Waals surface area contributed by atoms with Crippen molar-refractivity contribution in [2.45, 2.75) is 71.3 Å². The molecule has 0 radical (unpaired) electrons. The highest BCUT2D eigenvalue weighted by molar-refractivity contribution is 5.99. The highest BCUT2D eigenvalue weighted by Crippen LogP contribution is 2.21. The van der Waals surface area contributed by atoms with Gasteiger partial charge in [0.2, 0.25) is 0 Å². The lowest BCUT2D eigenvalue weighted by Crippen LogP contribution is -2.21. The fourth-order valence-electron chi connectivity index (χ4n) is 3.78. The summed E-state index contributed by atoms with van der Waals surface area (Å²) in [5.41, 5.74) is 2.96. The Balaban J connectivity index is 1.99. The van der Waals surface area contributed by atoms with Gasteiger partial charge in [0.1, 0.15) is 5.82 Å². The second-order valence-electron chi connectivity index (χ2n) is 7.19. The Labute approximate surface area is 154 Å². The Kier molecular flexibility index (Phi) is 6.07. The smallest absolute Gasteiger partial charge is 0.280 e. The van der Waals surface area contributed by atoms with Crippen molar-refractivity contribution < 1.29 is 4.39 Å². The van der Waals surface area contributed by atoms with Crippen LogP contribution in [0.5, 0.6) is 0 Å². The van der Waals surface area contributed by atoms with Crippen molar-refractivity contribution in [3.8, 4) is 5.69 Å². The zero-order valence-electron chi connectivity index (χ0n) is 15.7. The number of aromatic amines is 1. The summed E-state index contributed by atoms with van der Waals surface area (Å²) in [6.07, 6.45) is 8.95. The molecule has 1 aliphatic carbocycles. The molecule has 26 heavy (non-hydrogen) atoms. The van der Waals surface area contributed by atoms with Crippen LogP contribution in [0, 0.1) is 5.82 Å². The van der Waals surface area contributed by atoms with Gasteiger partial charge in [-0.2, -0.15) is 0 Å². The molecule has 0 aliphatic heterocycles. The van der Waals surface area contributed by atoms with Crippen molar-refractivity contribution in [1.29, 1.82) is 0 Å². The maximum Gasteiger partial charge on any atom is 0.280 e. The molecule has 3 rings (SSSR count). The SMILES string of the molecule is CCCc1[nH]n(-c2ccc(F)cc2)c(=O)c1C(C)=NC1CCCCCC1. The summed E-state index contributed by atoms with van der Waals surface area (Å²) in [5.74, 6) is -0.312. The van der Waals surface area contributed by atoms with Crippen molar-refractivity contribution >= 4 is 5.71 Å².